The van der Waals surface area contributed by atoms with E-state index in [1.165, 1.54) is 11.6 Å². The number of nitrogens with zero attached hydrogens (tertiary/aromatic N) is 1. The number of hydrogen-bond acceptors (Lipinski definition) is 3. The molecule has 0 saturated carbocycles. The summed E-state index contributed by atoms with van der Waals surface area (Å²) in [6.07, 6.45) is 2.65. The Morgan fingerprint density at radius 2 is 2.08 bits per heavy atom. The monoisotopic (exact) mass is 364 g/mol. The lowest BCUT2D eigenvalue weighted by Gasteiger charge is -2.17. The van der Waals surface area contributed by atoms with Gasteiger partial charge in [-0.2, -0.15) is 0 Å². The number of aromatic amines is 1. The van der Waals surface area contributed by atoms with E-state index in [1.54, 1.807) is 0 Å². The van der Waals surface area contributed by atoms with Crippen LogP contribution in [0.3, 0.4) is 0 Å². The van der Waals surface area contributed by atoms with E-state index in [1.807, 2.05) is 26.0 Å². The van der Waals surface area contributed by atoms with E-state index in [0.717, 1.165) is 30.1 Å². The van der Waals surface area contributed by atoms with E-state index < -0.39 is 9.84 Å². The summed E-state index contributed by atoms with van der Waals surface area (Å²) in [5.74, 6) is 0.898. The van der Waals surface area contributed by atoms with Gasteiger partial charge < -0.3 is 15.6 Å². The van der Waals surface area contributed by atoms with Gasteiger partial charge in [-0.15, -0.1) is 0 Å². The van der Waals surface area contributed by atoms with Crippen LogP contribution in [-0.2, 0) is 16.3 Å². The minimum Gasteiger partial charge on any atom is -0.358 e. The number of aliphatic imine (C=N–C) groups is 1. The number of rotatable bonds is 8. The zero-order chi connectivity index (χ0) is 18.3. The summed E-state index contributed by atoms with van der Waals surface area (Å²) in [4.78, 5) is 7.99. The van der Waals surface area contributed by atoms with E-state index in [9.17, 15) is 8.42 Å². The Labute approximate surface area is 150 Å². The molecule has 1 aromatic carbocycles. The van der Waals surface area contributed by atoms with E-state index in [0.29, 0.717) is 13.0 Å². The van der Waals surface area contributed by atoms with Gasteiger partial charge >= 0.3 is 0 Å². The number of fused-ring (bicyclic) bond motifs is 1. The van der Waals surface area contributed by atoms with Crippen LogP contribution in [0.5, 0.6) is 0 Å². The quantitative estimate of drug-likeness (QED) is 0.494. The Kier molecular flexibility index (Phi) is 6.87. The molecule has 0 aliphatic carbocycles. The number of sulfone groups is 1. The molecule has 1 aromatic heterocycles. The van der Waals surface area contributed by atoms with Crippen LogP contribution >= 0.6 is 0 Å². The number of nitrogens with one attached hydrogen (secondary N) is 3. The molecule has 7 heteroatoms. The highest BCUT2D eigenvalue weighted by molar-refractivity contribution is 7.90. The van der Waals surface area contributed by atoms with Crippen LogP contribution in [0.15, 0.2) is 35.3 Å². The van der Waals surface area contributed by atoms with Crippen LogP contribution in [0.2, 0.25) is 0 Å². The van der Waals surface area contributed by atoms with Crippen molar-refractivity contribution in [1.29, 1.82) is 0 Å². The van der Waals surface area contributed by atoms with Gasteiger partial charge in [0.05, 0.1) is 5.75 Å². The average Bonchev–Trinajstić information content (AvgIpc) is 2.95. The SMILES string of the molecule is CCNC(=NCCc1cc2ccccc2[nH]1)NC(C)CCS(C)(=O)=O. The number of benzene rings is 1. The van der Waals surface area contributed by atoms with Gasteiger partial charge in [0.15, 0.2) is 5.96 Å². The molecule has 0 radical (unpaired) electrons. The first-order valence-electron chi connectivity index (χ1n) is 8.66. The Hall–Kier alpha value is -2.02. The second kappa shape index (κ2) is 8.89. The van der Waals surface area contributed by atoms with Crippen molar-refractivity contribution in [2.24, 2.45) is 4.99 Å². The predicted octanol–water partition coefficient (Wildman–Crippen LogP) is 2.09. The summed E-state index contributed by atoms with van der Waals surface area (Å²) in [6.45, 7) is 5.39. The van der Waals surface area contributed by atoms with Crippen LogP contribution in [0, 0.1) is 0 Å². The summed E-state index contributed by atoms with van der Waals surface area (Å²) in [6, 6.07) is 10.4. The van der Waals surface area contributed by atoms with Crippen LogP contribution < -0.4 is 10.6 Å². The van der Waals surface area contributed by atoms with Crippen LogP contribution in [0.4, 0.5) is 0 Å². The van der Waals surface area contributed by atoms with E-state index in [2.05, 4.69) is 38.8 Å². The van der Waals surface area contributed by atoms with E-state index in [4.69, 9.17) is 0 Å². The van der Waals surface area contributed by atoms with Gasteiger partial charge in [0.25, 0.3) is 0 Å². The average molecular weight is 365 g/mol. The smallest absolute Gasteiger partial charge is 0.191 e. The molecule has 25 heavy (non-hydrogen) atoms. The van der Waals surface area contributed by atoms with Gasteiger partial charge in [-0.25, -0.2) is 8.42 Å². The number of aromatic nitrogens is 1. The molecule has 1 unspecified atom stereocenters. The minimum atomic E-state index is -2.94. The summed E-state index contributed by atoms with van der Waals surface area (Å²) in [5, 5.41) is 7.68. The molecule has 6 nitrogen and oxygen atoms in total. The molecular weight excluding hydrogens is 336 g/mol. The number of hydrogen-bond donors (Lipinski definition) is 3. The van der Waals surface area contributed by atoms with Crippen molar-refractivity contribution in [2.75, 3.05) is 25.1 Å². The van der Waals surface area contributed by atoms with E-state index >= 15 is 0 Å². The molecule has 2 rings (SSSR count). The van der Waals surface area contributed by atoms with Gasteiger partial charge in [0, 0.05) is 43.0 Å². The minimum absolute atomic E-state index is 0.0422. The van der Waals surface area contributed by atoms with Crippen LogP contribution in [-0.4, -0.2) is 50.5 Å². The molecule has 0 spiro atoms. The Bertz CT molecular complexity index is 778. The first-order chi connectivity index (χ1) is 11.9. The molecule has 1 heterocycles. The fourth-order valence-corrected chi connectivity index (χ4v) is 3.35. The molecule has 3 N–H and O–H groups in total. The van der Waals surface area contributed by atoms with Gasteiger partial charge in [-0.05, 0) is 37.8 Å². The molecular formula is C18H28N4O2S. The third-order valence-electron chi connectivity index (χ3n) is 3.89. The van der Waals surface area contributed by atoms with Crippen LogP contribution in [0.1, 0.15) is 26.0 Å². The number of para-hydroxylation sites is 1. The highest BCUT2D eigenvalue weighted by atomic mass is 32.2. The van der Waals surface area contributed by atoms with Gasteiger partial charge in [0.2, 0.25) is 0 Å². The molecule has 2 aromatic rings. The maximum Gasteiger partial charge on any atom is 0.191 e. The van der Waals surface area contributed by atoms with Crippen molar-refractivity contribution in [3.05, 3.63) is 36.0 Å². The van der Waals surface area contributed by atoms with Crippen molar-refractivity contribution in [3.8, 4) is 0 Å². The third kappa shape index (κ3) is 6.78. The summed E-state index contributed by atoms with van der Waals surface area (Å²) < 4.78 is 22.5. The van der Waals surface area contributed by atoms with Crippen molar-refractivity contribution >= 4 is 26.7 Å². The van der Waals surface area contributed by atoms with Crippen molar-refractivity contribution in [3.63, 3.8) is 0 Å². The molecule has 0 bridgehead atoms. The molecule has 0 fully saturated rings. The Morgan fingerprint density at radius 3 is 2.76 bits per heavy atom. The summed E-state index contributed by atoms with van der Waals surface area (Å²) in [5.41, 5.74) is 2.30. The maximum absolute atomic E-state index is 11.3. The fourth-order valence-electron chi connectivity index (χ4n) is 2.57. The van der Waals surface area contributed by atoms with Crippen molar-refractivity contribution < 1.29 is 8.42 Å². The van der Waals surface area contributed by atoms with E-state index in [-0.39, 0.29) is 11.8 Å². The highest BCUT2D eigenvalue weighted by Crippen LogP contribution is 2.14. The fraction of sp³-hybridized carbons (Fsp3) is 0.500. The normalized spacial score (nSPS) is 13.8. The molecule has 0 aliphatic rings. The van der Waals surface area contributed by atoms with Gasteiger partial charge in [0.1, 0.15) is 9.84 Å². The molecule has 0 amide bonds. The number of guanidine groups is 1. The largest absolute Gasteiger partial charge is 0.358 e. The lowest BCUT2D eigenvalue weighted by Crippen LogP contribution is -2.43. The summed E-state index contributed by atoms with van der Waals surface area (Å²) >= 11 is 0. The molecule has 1 atom stereocenters. The molecule has 0 saturated heterocycles. The predicted molar refractivity (Wildman–Crippen MR) is 105 cm³/mol. The second-order valence-corrected chi connectivity index (χ2v) is 8.62. The lowest BCUT2D eigenvalue weighted by atomic mass is 10.2. The number of H-pyrrole nitrogens is 1. The van der Waals surface area contributed by atoms with Crippen molar-refractivity contribution in [1.82, 2.24) is 15.6 Å². The molecule has 138 valence electrons. The zero-order valence-electron chi connectivity index (χ0n) is 15.2. The van der Waals surface area contributed by atoms with Gasteiger partial charge in [-0.1, -0.05) is 18.2 Å². The Balaban J connectivity index is 1.89. The van der Waals surface area contributed by atoms with Gasteiger partial charge in [-0.3, -0.25) is 4.99 Å². The standard InChI is InChI=1S/C18H28N4O2S/c1-4-19-18(21-14(2)10-12-25(3,23)24)20-11-9-16-13-15-7-5-6-8-17(15)22-16/h5-8,13-14,22H,4,9-12H2,1-3H3,(H2,19,20,21). The van der Waals surface area contributed by atoms with Crippen LogP contribution in [0.25, 0.3) is 10.9 Å². The highest BCUT2D eigenvalue weighted by Gasteiger charge is 2.09. The third-order valence-corrected chi connectivity index (χ3v) is 4.86. The first kappa shape index (κ1) is 19.3. The Morgan fingerprint density at radius 1 is 1.32 bits per heavy atom. The first-order valence-corrected chi connectivity index (χ1v) is 10.7. The topological polar surface area (TPSA) is 86.3 Å². The van der Waals surface area contributed by atoms with Crippen molar-refractivity contribution in [2.45, 2.75) is 32.7 Å². The maximum atomic E-state index is 11.3. The lowest BCUT2D eigenvalue weighted by molar-refractivity contribution is 0.581. The summed E-state index contributed by atoms with van der Waals surface area (Å²) in [7, 11) is -2.94. The molecule has 0 aliphatic heterocycles. The second-order valence-electron chi connectivity index (χ2n) is 6.36. The zero-order valence-corrected chi connectivity index (χ0v) is 16.0.